The molecule has 10 aromatic rings. The van der Waals surface area contributed by atoms with Gasteiger partial charge in [0, 0.05) is 32.8 Å². The Balaban J connectivity index is 1.23. The first-order valence-corrected chi connectivity index (χ1v) is 17.2. The molecule has 0 radical (unpaired) electrons. The van der Waals surface area contributed by atoms with Crippen LogP contribution < -0.4 is 0 Å². The minimum atomic E-state index is 1.17. The number of nitrogens with zero attached hydrogens (tertiary/aromatic N) is 2. The molecule has 0 saturated heterocycles. The highest BCUT2D eigenvalue weighted by Gasteiger charge is 2.20. The molecule has 10 rings (SSSR count). The number of aromatic nitrogens is 2. The van der Waals surface area contributed by atoms with Gasteiger partial charge in [-0.3, -0.25) is 0 Å². The first-order chi connectivity index (χ1) is 24.8. The van der Waals surface area contributed by atoms with Crippen LogP contribution in [0.2, 0.25) is 0 Å². The Kier molecular flexibility index (Phi) is 6.53. The summed E-state index contributed by atoms with van der Waals surface area (Å²) in [4.78, 5) is 0. The Bertz CT molecular complexity index is 2840. The summed E-state index contributed by atoms with van der Waals surface area (Å²) < 4.78 is 4.85. The van der Waals surface area contributed by atoms with Crippen LogP contribution in [-0.2, 0) is 0 Å². The van der Waals surface area contributed by atoms with Crippen LogP contribution in [0.25, 0.3) is 88.4 Å². The summed E-state index contributed by atoms with van der Waals surface area (Å²) in [5.41, 5.74) is 14.4. The molecule has 2 heterocycles. The van der Waals surface area contributed by atoms with E-state index in [1.165, 1.54) is 88.4 Å². The number of hydrogen-bond donors (Lipinski definition) is 0. The topological polar surface area (TPSA) is 9.86 Å². The standard InChI is InChI=1S/C48H32N2/c1-4-15-33(16-5-1)38-23-14-26-46(48(38)34-17-6-2-7-18-34)50-44-25-13-10-21-39(44)41-29-27-36(32-47(41)50)35-28-30-45-42(31-35)40-22-11-12-24-43(40)49(45)37-19-8-3-9-20-37/h1-32H. The van der Waals surface area contributed by atoms with E-state index in [-0.39, 0.29) is 0 Å². The number of benzene rings is 8. The minimum absolute atomic E-state index is 1.17. The van der Waals surface area contributed by atoms with Gasteiger partial charge in [-0.05, 0) is 76.3 Å². The predicted molar refractivity (Wildman–Crippen MR) is 211 cm³/mol. The molecule has 0 atom stereocenters. The second-order valence-electron chi connectivity index (χ2n) is 12.9. The van der Waals surface area contributed by atoms with Crippen molar-refractivity contribution in [1.82, 2.24) is 9.13 Å². The Morgan fingerprint density at radius 3 is 1.56 bits per heavy atom. The molecule has 0 aliphatic rings. The zero-order chi connectivity index (χ0) is 33.0. The molecule has 0 fully saturated rings. The average molecular weight is 637 g/mol. The largest absolute Gasteiger partial charge is 0.309 e. The van der Waals surface area contributed by atoms with Crippen molar-refractivity contribution >= 4 is 43.6 Å². The highest BCUT2D eigenvalue weighted by atomic mass is 15.0. The molecule has 2 nitrogen and oxygen atoms in total. The van der Waals surface area contributed by atoms with Crippen molar-refractivity contribution in [2.24, 2.45) is 0 Å². The van der Waals surface area contributed by atoms with Gasteiger partial charge in [0.2, 0.25) is 0 Å². The molecule has 8 aromatic carbocycles. The summed E-state index contributed by atoms with van der Waals surface area (Å²) in [6, 6.07) is 70.4. The SMILES string of the molecule is c1ccc(-c2cccc(-n3c4ccccc4c4ccc(-c5ccc6c(c5)c5ccccc5n6-c5ccccc5)cc43)c2-c2ccccc2)cc1. The normalized spacial score (nSPS) is 11.6. The summed E-state index contributed by atoms with van der Waals surface area (Å²) in [7, 11) is 0. The van der Waals surface area contributed by atoms with Crippen LogP contribution in [0.4, 0.5) is 0 Å². The van der Waals surface area contributed by atoms with Crippen molar-refractivity contribution in [3.63, 3.8) is 0 Å². The van der Waals surface area contributed by atoms with Crippen LogP contribution in [0.5, 0.6) is 0 Å². The fourth-order valence-electron chi connectivity index (χ4n) is 7.91. The van der Waals surface area contributed by atoms with E-state index >= 15 is 0 Å². The Morgan fingerprint density at radius 2 is 0.820 bits per heavy atom. The predicted octanol–water partition coefficient (Wildman–Crippen LogP) is 12.9. The van der Waals surface area contributed by atoms with E-state index in [0.29, 0.717) is 0 Å². The lowest BCUT2D eigenvalue weighted by Crippen LogP contribution is -1.99. The van der Waals surface area contributed by atoms with Crippen LogP contribution in [-0.4, -0.2) is 9.13 Å². The fraction of sp³-hybridized carbons (Fsp3) is 0. The number of hydrogen-bond acceptors (Lipinski definition) is 0. The first kappa shape index (κ1) is 28.4. The van der Waals surface area contributed by atoms with Crippen molar-refractivity contribution < 1.29 is 0 Å². The zero-order valence-electron chi connectivity index (χ0n) is 27.4. The van der Waals surface area contributed by atoms with Gasteiger partial charge in [-0.25, -0.2) is 0 Å². The van der Waals surface area contributed by atoms with Crippen molar-refractivity contribution in [1.29, 1.82) is 0 Å². The van der Waals surface area contributed by atoms with Gasteiger partial charge in [0.05, 0.1) is 27.8 Å². The van der Waals surface area contributed by atoms with Gasteiger partial charge in [0.1, 0.15) is 0 Å². The van der Waals surface area contributed by atoms with Crippen LogP contribution in [0.15, 0.2) is 194 Å². The van der Waals surface area contributed by atoms with Gasteiger partial charge in [-0.1, -0.05) is 146 Å². The summed E-state index contributed by atoms with van der Waals surface area (Å²) in [6.45, 7) is 0. The van der Waals surface area contributed by atoms with Gasteiger partial charge in [0.15, 0.2) is 0 Å². The number of fused-ring (bicyclic) bond motifs is 6. The van der Waals surface area contributed by atoms with Gasteiger partial charge in [0.25, 0.3) is 0 Å². The van der Waals surface area contributed by atoms with E-state index in [1.54, 1.807) is 0 Å². The molecule has 50 heavy (non-hydrogen) atoms. The van der Waals surface area contributed by atoms with E-state index in [9.17, 15) is 0 Å². The van der Waals surface area contributed by atoms with Crippen molar-refractivity contribution in [2.75, 3.05) is 0 Å². The second kappa shape index (κ2) is 11.5. The molecule has 2 aromatic heterocycles. The van der Waals surface area contributed by atoms with Crippen LogP contribution in [0.3, 0.4) is 0 Å². The fourth-order valence-corrected chi connectivity index (χ4v) is 7.91. The van der Waals surface area contributed by atoms with Crippen LogP contribution in [0, 0.1) is 0 Å². The van der Waals surface area contributed by atoms with E-state index in [2.05, 4.69) is 203 Å². The smallest absolute Gasteiger partial charge is 0.0547 e. The highest BCUT2D eigenvalue weighted by Crippen LogP contribution is 2.42. The van der Waals surface area contributed by atoms with Gasteiger partial charge in [-0.2, -0.15) is 0 Å². The molecule has 0 aliphatic carbocycles. The molecule has 2 heteroatoms. The van der Waals surface area contributed by atoms with E-state index in [0.717, 1.165) is 0 Å². The molecule has 0 amide bonds. The molecule has 0 N–H and O–H groups in total. The highest BCUT2D eigenvalue weighted by molar-refractivity contribution is 6.13. The molecule has 0 unspecified atom stereocenters. The molecular formula is C48H32N2. The van der Waals surface area contributed by atoms with Crippen molar-refractivity contribution in [3.05, 3.63) is 194 Å². The monoisotopic (exact) mass is 636 g/mol. The zero-order valence-corrected chi connectivity index (χ0v) is 27.4. The van der Waals surface area contributed by atoms with E-state index in [4.69, 9.17) is 0 Å². The second-order valence-corrected chi connectivity index (χ2v) is 12.9. The average Bonchev–Trinajstić information content (AvgIpc) is 3.71. The van der Waals surface area contributed by atoms with Gasteiger partial charge < -0.3 is 9.13 Å². The summed E-state index contributed by atoms with van der Waals surface area (Å²) >= 11 is 0. The molecule has 0 bridgehead atoms. The lowest BCUT2D eigenvalue weighted by atomic mass is 9.92. The van der Waals surface area contributed by atoms with Gasteiger partial charge >= 0.3 is 0 Å². The van der Waals surface area contributed by atoms with Crippen molar-refractivity contribution in [3.8, 4) is 44.8 Å². The molecular weight excluding hydrogens is 605 g/mol. The summed E-state index contributed by atoms with van der Waals surface area (Å²) in [6.07, 6.45) is 0. The third-order valence-electron chi connectivity index (χ3n) is 10.1. The Labute approximate surface area is 290 Å². The minimum Gasteiger partial charge on any atom is -0.309 e. The molecule has 0 aliphatic heterocycles. The Hall–Kier alpha value is -6.64. The van der Waals surface area contributed by atoms with Crippen molar-refractivity contribution in [2.45, 2.75) is 0 Å². The molecule has 0 saturated carbocycles. The third kappa shape index (κ3) is 4.43. The first-order valence-electron chi connectivity index (χ1n) is 17.2. The molecule has 0 spiro atoms. The third-order valence-corrected chi connectivity index (χ3v) is 10.1. The molecule has 234 valence electrons. The Morgan fingerprint density at radius 1 is 0.280 bits per heavy atom. The van der Waals surface area contributed by atoms with Crippen LogP contribution >= 0.6 is 0 Å². The maximum atomic E-state index is 2.47. The maximum absolute atomic E-state index is 2.47. The lowest BCUT2D eigenvalue weighted by Gasteiger charge is -2.18. The maximum Gasteiger partial charge on any atom is 0.0547 e. The van der Waals surface area contributed by atoms with E-state index in [1.807, 2.05) is 0 Å². The quantitative estimate of drug-likeness (QED) is 0.178. The number of rotatable bonds is 5. The summed E-state index contributed by atoms with van der Waals surface area (Å²) in [5.74, 6) is 0. The lowest BCUT2D eigenvalue weighted by molar-refractivity contribution is 1.18. The summed E-state index contributed by atoms with van der Waals surface area (Å²) in [5, 5.41) is 5.01. The van der Waals surface area contributed by atoms with Crippen LogP contribution in [0.1, 0.15) is 0 Å². The van der Waals surface area contributed by atoms with E-state index < -0.39 is 0 Å². The van der Waals surface area contributed by atoms with Gasteiger partial charge in [-0.15, -0.1) is 0 Å². The number of para-hydroxylation sites is 3.